The summed E-state index contributed by atoms with van der Waals surface area (Å²) in [5.74, 6) is -1.86. The molecule has 130 valence electrons. The molecular weight excluding hydrogens is 327 g/mol. The summed E-state index contributed by atoms with van der Waals surface area (Å²) < 4.78 is 14.1. The number of benzene rings is 1. The van der Waals surface area contributed by atoms with Gasteiger partial charge in [0.15, 0.2) is 11.5 Å². The molecule has 3 rings (SSSR count). The number of fused-ring (bicyclic) bond motifs is 1. The maximum Gasteiger partial charge on any atom is 0.293 e. The van der Waals surface area contributed by atoms with Gasteiger partial charge in [-0.2, -0.15) is 0 Å². The standard InChI is InChI=1S/C18H17FN2O4/c1-10(22)15-13-7-8-21(9-11-3-5-12(19)6-4-11)17(24)14(13)16(23)18(25)20(15)2/h3-6,23H,7-9H2,1-2H3. The van der Waals surface area contributed by atoms with Gasteiger partial charge in [-0.05, 0) is 29.7 Å². The van der Waals surface area contributed by atoms with Crippen LogP contribution in [0.15, 0.2) is 29.1 Å². The second-order valence-electron chi connectivity index (χ2n) is 6.07. The van der Waals surface area contributed by atoms with Crippen LogP contribution in [0.4, 0.5) is 4.39 Å². The Bertz CT molecular complexity index is 932. The number of hydrogen-bond donors (Lipinski definition) is 1. The van der Waals surface area contributed by atoms with Gasteiger partial charge in [0.1, 0.15) is 5.82 Å². The fourth-order valence-corrected chi connectivity index (χ4v) is 3.22. The topological polar surface area (TPSA) is 79.6 Å². The van der Waals surface area contributed by atoms with Gasteiger partial charge in [0, 0.05) is 27.1 Å². The van der Waals surface area contributed by atoms with E-state index in [1.165, 1.54) is 31.0 Å². The van der Waals surface area contributed by atoms with Gasteiger partial charge in [-0.15, -0.1) is 0 Å². The van der Waals surface area contributed by atoms with E-state index >= 15 is 0 Å². The second kappa shape index (κ2) is 6.16. The predicted molar refractivity (Wildman–Crippen MR) is 88.2 cm³/mol. The van der Waals surface area contributed by atoms with Crippen molar-refractivity contribution in [2.75, 3.05) is 6.54 Å². The molecule has 1 amide bonds. The maximum absolute atomic E-state index is 13.0. The van der Waals surface area contributed by atoms with Crippen LogP contribution in [0.3, 0.4) is 0 Å². The molecule has 0 radical (unpaired) electrons. The van der Waals surface area contributed by atoms with E-state index in [2.05, 4.69) is 0 Å². The highest BCUT2D eigenvalue weighted by Gasteiger charge is 2.33. The number of Topliss-reactive ketones (excluding diaryl/α,β-unsaturated/α-hetero) is 1. The number of rotatable bonds is 3. The number of hydrogen-bond acceptors (Lipinski definition) is 4. The van der Waals surface area contributed by atoms with Crippen LogP contribution in [0.2, 0.25) is 0 Å². The van der Waals surface area contributed by atoms with Gasteiger partial charge in [-0.3, -0.25) is 14.4 Å². The third kappa shape index (κ3) is 2.82. The lowest BCUT2D eigenvalue weighted by Crippen LogP contribution is -2.40. The van der Waals surface area contributed by atoms with Crippen LogP contribution in [0.25, 0.3) is 0 Å². The van der Waals surface area contributed by atoms with Crippen molar-refractivity contribution >= 4 is 11.7 Å². The summed E-state index contributed by atoms with van der Waals surface area (Å²) in [5, 5.41) is 10.2. The molecule has 1 aromatic carbocycles. The number of pyridine rings is 1. The highest BCUT2D eigenvalue weighted by atomic mass is 19.1. The number of ketones is 1. The molecule has 1 N–H and O–H groups in total. The molecule has 7 heteroatoms. The third-order valence-corrected chi connectivity index (χ3v) is 4.42. The molecule has 0 bridgehead atoms. The Hall–Kier alpha value is -2.96. The normalized spacial score (nSPS) is 13.7. The van der Waals surface area contributed by atoms with Gasteiger partial charge in [0.25, 0.3) is 11.5 Å². The molecule has 0 aliphatic carbocycles. The van der Waals surface area contributed by atoms with Crippen LogP contribution in [-0.4, -0.2) is 32.8 Å². The van der Waals surface area contributed by atoms with Crippen LogP contribution >= 0.6 is 0 Å². The van der Waals surface area contributed by atoms with Crippen LogP contribution in [0.5, 0.6) is 5.75 Å². The van der Waals surface area contributed by atoms with E-state index in [-0.39, 0.29) is 29.4 Å². The molecule has 2 heterocycles. The average Bonchev–Trinajstić information content (AvgIpc) is 2.57. The molecule has 1 aliphatic heterocycles. The monoisotopic (exact) mass is 344 g/mol. The minimum absolute atomic E-state index is 0.110. The molecule has 1 aliphatic rings. The minimum Gasteiger partial charge on any atom is -0.502 e. The number of amides is 1. The summed E-state index contributed by atoms with van der Waals surface area (Å²) in [6.07, 6.45) is 0.346. The van der Waals surface area contributed by atoms with Gasteiger partial charge in [-0.25, -0.2) is 4.39 Å². The van der Waals surface area contributed by atoms with Crippen molar-refractivity contribution in [2.24, 2.45) is 7.05 Å². The van der Waals surface area contributed by atoms with Crippen molar-refractivity contribution in [2.45, 2.75) is 19.9 Å². The summed E-state index contributed by atoms with van der Waals surface area (Å²) in [5.41, 5.74) is 0.385. The Balaban J connectivity index is 2.04. The number of halogens is 1. The van der Waals surface area contributed by atoms with E-state index < -0.39 is 17.2 Å². The molecule has 0 atom stereocenters. The van der Waals surface area contributed by atoms with E-state index in [9.17, 15) is 23.9 Å². The molecule has 0 spiro atoms. The quantitative estimate of drug-likeness (QED) is 0.859. The second-order valence-corrected chi connectivity index (χ2v) is 6.07. The van der Waals surface area contributed by atoms with Gasteiger partial charge in [-0.1, -0.05) is 12.1 Å². The first kappa shape index (κ1) is 16.9. The number of aromatic hydroxyl groups is 1. The summed E-state index contributed by atoms with van der Waals surface area (Å²) in [4.78, 5) is 38.3. The highest BCUT2D eigenvalue weighted by molar-refractivity contribution is 6.03. The van der Waals surface area contributed by atoms with Crippen LogP contribution < -0.4 is 5.56 Å². The van der Waals surface area contributed by atoms with Gasteiger partial charge < -0.3 is 14.6 Å². The van der Waals surface area contributed by atoms with E-state index in [4.69, 9.17) is 0 Å². The zero-order valence-electron chi connectivity index (χ0n) is 13.9. The zero-order valence-corrected chi connectivity index (χ0v) is 13.9. The Kier molecular flexibility index (Phi) is 4.16. The number of nitrogens with zero attached hydrogens (tertiary/aromatic N) is 2. The summed E-state index contributed by atoms with van der Waals surface area (Å²) in [6, 6.07) is 5.75. The molecule has 0 unspecified atom stereocenters. The molecule has 0 fully saturated rings. The number of aromatic nitrogens is 1. The van der Waals surface area contributed by atoms with Crippen LogP contribution in [-0.2, 0) is 20.0 Å². The van der Waals surface area contributed by atoms with Gasteiger partial charge in [0.05, 0.1) is 11.3 Å². The Morgan fingerprint density at radius 3 is 2.48 bits per heavy atom. The molecular formula is C18H17FN2O4. The summed E-state index contributed by atoms with van der Waals surface area (Å²) in [6.45, 7) is 1.88. The molecule has 6 nitrogen and oxygen atoms in total. The van der Waals surface area contributed by atoms with E-state index in [0.29, 0.717) is 18.5 Å². The molecule has 0 saturated heterocycles. The third-order valence-electron chi connectivity index (χ3n) is 4.42. The highest BCUT2D eigenvalue weighted by Crippen LogP contribution is 2.28. The van der Waals surface area contributed by atoms with Crippen molar-refractivity contribution in [3.8, 4) is 5.75 Å². The van der Waals surface area contributed by atoms with E-state index in [0.717, 1.165) is 10.1 Å². The average molecular weight is 344 g/mol. The number of carbonyl (C=O) groups is 2. The van der Waals surface area contributed by atoms with Crippen molar-refractivity contribution in [3.05, 3.63) is 62.8 Å². The van der Waals surface area contributed by atoms with Crippen LogP contribution in [0.1, 0.15) is 38.9 Å². The van der Waals surface area contributed by atoms with Crippen LogP contribution in [0, 0.1) is 5.82 Å². The minimum atomic E-state index is -0.777. The SMILES string of the molecule is CC(=O)c1c2c(c(O)c(=O)n1C)C(=O)N(Cc1ccc(F)cc1)CC2. The molecule has 25 heavy (non-hydrogen) atoms. The fourth-order valence-electron chi connectivity index (χ4n) is 3.22. The Morgan fingerprint density at radius 1 is 1.24 bits per heavy atom. The van der Waals surface area contributed by atoms with Crippen molar-refractivity contribution in [1.82, 2.24) is 9.47 Å². The lowest BCUT2D eigenvalue weighted by Gasteiger charge is -2.30. The Labute approximate surface area is 143 Å². The van der Waals surface area contributed by atoms with Crippen molar-refractivity contribution < 1.29 is 19.1 Å². The first-order valence-electron chi connectivity index (χ1n) is 7.80. The van der Waals surface area contributed by atoms with E-state index in [1.807, 2.05) is 0 Å². The molecule has 2 aromatic rings. The first-order chi connectivity index (χ1) is 11.8. The smallest absolute Gasteiger partial charge is 0.293 e. The van der Waals surface area contributed by atoms with Crippen molar-refractivity contribution in [1.29, 1.82) is 0 Å². The van der Waals surface area contributed by atoms with E-state index in [1.54, 1.807) is 12.1 Å². The summed E-state index contributed by atoms with van der Waals surface area (Å²) in [7, 11) is 1.40. The Morgan fingerprint density at radius 2 is 1.88 bits per heavy atom. The maximum atomic E-state index is 13.0. The predicted octanol–water partition coefficient (Wildman–Crippen LogP) is 1.63. The zero-order chi connectivity index (χ0) is 18.3. The number of carbonyl (C=O) groups excluding carboxylic acids is 2. The first-order valence-corrected chi connectivity index (χ1v) is 7.80. The largest absolute Gasteiger partial charge is 0.502 e. The molecule has 1 aromatic heterocycles. The van der Waals surface area contributed by atoms with Gasteiger partial charge >= 0.3 is 0 Å². The fraction of sp³-hybridized carbons (Fsp3) is 0.278. The lowest BCUT2D eigenvalue weighted by molar-refractivity contribution is 0.0721. The summed E-state index contributed by atoms with van der Waals surface area (Å²) >= 11 is 0. The molecule has 0 saturated carbocycles. The van der Waals surface area contributed by atoms with Gasteiger partial charge in [0.2, 0.25) is 0 Å². The van der Waals surface area contributed by atoms with Crippen molar-refractivity contribution in [3.63, 3.8) is 0 Å². The lowest BCUT2D eigenvalue weighted by atomic mass is 9.94.